The minimum absolute atomic E-state index is 0.0707. The third-order valence-corrected chi connectivity index (χ3v) is 8.50. The fraction of sp³-hybridized carbons (Fsp3) is 0.200. The highest BCUT2D eigenvalue weighted by Gasteiger charge is 2.25. The van der Waals surface area contributed by atoms with Crippen molar-refractivity contribution >= 4 is 23.3 Å². The predicted molar refractivity (Wildman–Crippen MR) is 197 cm³/mol. The molecule has 0 aliphatic carbocycles. The summed E-state index contributed by atoms with van der Waals surface area (Å²) >= 11 is 0. The third kappa shape index (κ3) is 9.49. The number of carboxylic acids is 1. The summed E-state index contributed by atoms with van der Waals surface area (Å²) in [5.74, 6) is -0.0792. The fourth-order valence-electron chi connectivity index (χ4n) is 5.76. The van der Waals surface area contributed by atoms with E-state index in [1.807, 2.05) is 83.8 Å². The highest BCUT2D eigenvalue weighted by Crippen LogP contribution is 2.22. The number of aromatic nitrogens is 2. The molecule has 11 heteroatoms. The Hall–Kier alpha value is -6.20. The number of nitrogens with zero attached hydrogens (tertiary/aromatic N) is 5. The summed E-state index contributed by atoms with van der Waals surface area (Å²) in [6, 6.07) is 42.9. The van der Waals surface area contributed by atoms with Gasteiger partial charge in [0, 0.05) is 87.0 Å². The zero-order valence-electron chi connectivity index (χ0n) is 28.2. The number of hydrogen-bond acceptors (Lipinski definition) is 9. The molecule has 2 N–H and O–H groups in total. The van der Waals surface area contributed by atoms with Gasteiger partial charge in [-0.05, 0) is 24.3 Å². The van der Waals surface area contributed by atoms with Crippen molar-refractivity contribution in [3.05, 3.63) is 145 Å². The molecule has 4 aromatic carbocycles. The van der Waals surface area contributed by atoms with Crippen molar-refractivity contribution in [3.63, 3.8) is 0 Å². The fourth-order valence-corrected chi connectivity index (χ4v) is 5.76. The first kappa shape index (κ1) is 34.7. The second-order valence-electron chi connectivity index (χ2n) is 11.9. The maximum Gasteiger partial charge on any atom is 0.358 e. The van der Waals surface area contributed by atoms with E-state index in [9.17, 15) is 9.59 Å². The van der Waals surface area contributed by atoms with Crippen molar-refractivity contribution in [2.75, 3.05) is 62.2 Å². The standard InChI is InChI=1S/C20H19N3O2.C10H14N2.C10H7NO3/c24-20(18-15-19(25-21-18)16-7-3-1-4-8-16)23-13-11-22(12-14-23)17-9-5-2-6-10-17;1-2-4-10(5-3-1)12-8-6-11-7-9-12;12-10(13)8-6-9(14-11-8)7-4-2-1-3-5-7/h1-10,15H,11-14H2;1-5,11H,6-9H2;1-6H,(H,12,13). The maximum absolute atomic E-state index is 12.7. The maximum atomic E-state index is 12.7. The third-order valence-electron chi connectivity index (χ3n) is 8.50. The number of carbonyl (C=O) groups is 2. The molecule has 0 unspecified atom stereocenters. The number of nitrogens with one attached hydrogen (secondary N) is 1. The lowest BCUT2D eigenvalue weighted by Crippen LogP contribution is -2.48. The highest BCUT2D eigenvalue weighted by molar-refractivity contribution is 5.93. The van der Waals surface area contributed by atoms with E-state index in [-0.39, 0.29) is 11.6 Å². The summed E-state index contributed by atoms with van der Waals surface area (Å²) < 4.78 is 10.2. The molecular weight excluding hydrogens is 644 g/mol. The van der Waals surface area contributed by atoms with E-state index < -0.39 is 5.97 Å². The van der Waals surface area contributed by atoms with Crippen molar-refractivity contribution in [1.82, 2.24) is 20.5 Å². The van der Waals surface area contributed by atoms with Crippen molar-refractivity contribution in [2.45, 2.75) is 0 Å². The molecular formula is C40H40N6O5. The second kappa shape index (κ2) is 17.5. The summed E-state index contributed by atoms with van der Waals surface area (Å²) in [7, 11) is 0. The molecule has 51 heavy (non-hydrogen) atoms. The minimum atomic E-state index is -1.09. The van der Waals surface area contributed by atoms with Crippen molar-refractivity contribution < 1.29 is 23.7 Å². The van der Waals surface area contributed by atoms with Gasteiger partial charge in [-0.15, -0.1) is 0 Å². The number of piperazine rings is 2. The topological polar surface area (TPSA) is 128 Å². The van der Waals surface area contributed by atoms with Crippen LogP contribution in [0.2, 0.25) is 0 Å². The van der Waals surface area contributed by atoms with Gasteiger partial charge in [-0.3, -0.25) is 4.79 Å². The van der Waals surface area contributed by atoms with Crippen LogP contribution < -0.4 is 15.1 Å². The molecule has 4 heterocycles. The molecule has 0 atom stereocenters. The number of aromatic carboxylic acids is 1. The molecule has 2 saturated heterocycles. The van der Waals surface area contributed by atoms with Crippen molar-refractivity contribution in [3.8, 4) is 22.6 Å². The second-order valence-corrected chi connectivity index (χ2v) is 11.9. The summed E-state index contributed by atoms with van der Waals surface area (Å²) in [6.45, 7) is 7.47. The molecule has 2 aliphatic rings. The first-order valence-corrected chi connectivity index (χ1v) is 16.9. The predicted octanol–water partition coefficient (Wildman–Crippen LogP) is 6.44. The van der Waals surface area contributed by atoms with Gasteiger partial charge in [0.2, 0.25) is 0 Å². The van der Waals surface area contributed by atoms with E-state index in [4.69, 9.17) is 14.2 Å². The number of para-hydroxylation sites is 2. The van der Waals surface area contributed by atoms with E-state index in [2.05, 4.69) is 67.9 Å². The van der Waals surface area contributed by atoms with Crippen LogP contribution in [0.3, 0.4) is 0 Å². The van der Waals surface area contributed by atoms with Gasteiger partial charge in [0.05, 0.1) is 0 Å². The lowest BCUT2D eigenvalue weighted by atomic mass is 10.1. The average Bonchev–Trinajstić information content (AvgIpc) is 3.92. The van der Waals surface area contributed by atoms with E-state index >= 15 is 0 Å². The van der Waals surface area contributed by atoms with Gasteiger partial charge in [0.1, 0.15) is 0 Å². The number of hydrogen-bond donors (Lipinski definition) is 2. The van der Waals surface area contributed by atoms with E-state index in [1.165, 1.54) is 17.4 Å². The van der Waals surface area contributed by atoms with Crippen LogP contribution in [-0.2, 0) is 0 Å². The Labute approximate surface area is 296 Å². The lowest BCUT2D eigenvalue weighted by molar-refractivity contribution is 0.0684. The van der Waals surface area contributed by atoms with Crippen LogP contribution in [0, 0.1) is 0 Å². The minimum Gasteiger partial charge on any atom is -0.476 e. The molecule has 260 valence electrons. The quantitative estimate of drug-likeness (QED) is 0.202. The Kier molecular flexibility index (Phi) is 11.9. The summed E-state index contributed by atoms with van der Waals surface area (Å²) in [5.41, 5.74) is 4.56. The largest absolute Gasteiger partial charge is 0.476 e. The van der Waals surface area contributed by atoms with Crippen LogP contribution in [0.15, 0.2) is 143 Å². The first-order chi connectivity index (χ1) is 25.0. The van der Waals surface area contributed by atoms with Gasteiger partial charge in [0.25, 0.3) is 5.91 Å². The van der Waals surface area contributed by atoms with Crippen LogP contribution in [0.5, 0.6) is 0 Å². The number of benzene rings is 4. The number of carbonyl (C=O) groups excluding carboxylic acids is 1. The average molecular weight is 685 g/mol. The molecule has 2 fully saturated rings. The van der Waals surface area contributed by atoms with Gasteiger partial charge in [0.15, 0.2) is 22.9 Å². The lowest BCUT2D eigenvalue weighted by Gasteiger charge is -2.35. The Morgan fingerprint density at radius 3 is 1.41 bits per heavy atom. The normalized spacial score (nSPS) is 14.1. The monoisotopic (exact) mass is 684 g/mol. The zero-order chi connectivity index (χ0) is 35.3. The Bertz CT molecular complexity index is 1940. The van der Waals surface area contributed by atoms with E-state index in [0.29, 0.717) is 30.3 Å². The molecule has 2 aliphatic heterocycles. The van der Waals surface area contributed by atoms with Gasteiger partial charge >= 0.3 is 5.97 Å². The van der Waals surface area contributed by atoms with Crippen molar-refractivity contribution in [2.24, 2.45) is 0 Å². The summed E-state index contributed by atoms with van der Waals surface area (Å²) in [5, 5.41) is 19.3. The number of anilines is 2. The summed E-state index contributed by atoms with van der Waals surface area (Å²) in [4.78, 5) is 29.7. The molecule has 1 amide bonds. The number of carboxylic acid groups (broad SMARTS) is 1. The molecule has 0 radical (unpaired) electrons. The van der Waals surface area contributed by atoms with Gasteiger partial charge < -0.3 is 34.2 Å². The highest BCUT2D eigenvalue weighted by atomic mass is 16.5. The van der Waals surface area contributed by atoms with E-state index in [0.717, 1.165) is 50.4 Å². The van der Waals surface area contributed by atoms with Gasteiger partial charge in [-0.1, -0.05) is 107 Å². The molecule has 0 saturated carbocycles. The zero-order valence-corrected chi connectivity index (χ0v) is 28.2. The van der Waals surface area contributed by atoms with Gasteiger partial charge in [-0.25, -0.2) is 4.79 Å². The number of amides is 1. The van der Waals surface area contributed by atoms with Crippen LogP contribution in [0.25, 0.3) is 22.6 Å². The molecule has 6 aromatic rings. The Morgan fingerprint density at radius 2 is 0.961 bits per heavy atom. The van der Waals surface area contributed by atoms with Crippen LogP contribution in [0.4, 0.5) is 11.4 Å². The van der Waals surface area contributed by atoms with Gasteiger partial charge in [-0.2, -0.15) is 0 Å². The molecule has 0 bridgehead atoms. The Morgan fingerprint density at radius 1 is 0.549 bits per heavy atom. The van der Waals surface area contributed by atoms with Crippen LogP contribution >= 0.6 is 0 Å². The molecule has 11 nitrogen and oxygen atoms in total. The first-order valence-electron chi connectivity index (χ1n) is 16.9. The number of rotatable bonds is 6. The van der Waals surface area contributed by atoms with Crippen LogP contribution in [-0.4, -0.2) is 84.6 Å². The van der Waals surface area contributed by atoms with E-state index in [1.54, 1.807) is 6.07 Å². The molecule has 2 aromatic heterocycles. The molecule has 0 spiro atoms. The van der Waals surface area contributed by atoms with Crippen LogP contribution in [0.1, 0.15) is 21.0 Å². The smallest absolute Gasteiger partial charge is 0.358 e. The molecule has 8 rings (SSSR count). The van der Waals surface area contributed by atoms with Crippen molar-refractivity contribution in [1.29, 1.82) is 0 Å². The SMILES string of the molecule is O=C(O)c1cc(-c2ccccc2)on1.O=C(c1cc(-c2ccccc2)on1)N1CCN(c2ccccc2)CC1.c1ccc(N2CCNCC2)cc1. The Balaban J connectivity index is 0.000000145. The summed E-state index contributed by atoms with van der Waals surface area (Å²) in [6.07, 6.45) is 0.